The summed E-state index contributed by atoms with van der Waals surface area (Å²) in [7, 11) is 0. The quantitative estimate of drug-likeness (QED) is 0.0281. The van der Waals surface area contributed by atoms with Gasteiger partial charge in [0.2, 0.25) is 11.8 Å². The average molecular weight is 735 g/mol. The first-order chi connectivity index (χ1) is 25.3. The number of carbonyl (C=O) groups is 4. The van der Waals surface area contributed by atoms with Crippen molar-refractivity contribution >= 4 is 23.8 Å². The molecular formula is C43H78N2O7. The number of amides is 2. The number of hydrogen-bond acceptors (Lipinski definition) is 6. The molecule has 302 valence electrons. The van der Waals surface area contributed by atoms with E-state index in [1.54, 1.807) is 0 Å². The lowest BCUT2D eigenvalue weighted by molar-refractivity contribution is -0.147. The van der Waals surface area contributed by atoms with Gasteiger partial charge in [-0.2, -0.15) is 0 Å². The van der Waals surface area contributed by atoms with Crippen LogP contribution in [0.2, 0.25) is 0 Å². The molecule has 9 heteroatoms. The van der Waals surface area contributed by atoms with E-state index in [1.807, 2.05) is 0 Å². The van der Waals surface area contributed by atoms with Gasteiger partial charge in [0.15, 0.2) is 0 Å². The predicted octanol–water partition coefficient (Wildman–Crippen LogP) is 10.0. The molecule has 0 heterocycles. The number of allylic oxidation sites excluding steroid dienone is 3. The highest BCUT2D eigenvalue weighted by Crippen LogP contribution is 2.16. The first-order valence-corrected chi connectivity index (χ1v) is 21.2. The molecule has 0 aliphatic heterocycles. The van der Waals surface area contributed by atoms with Gasteiger partial charge in [0.05, 0.1) is 13.2 Å². The molecule has 52 heavy (non-hydrogen) atoms. The van der Waals surface area contributed by atoms with Crippen molar-refractivity contribution in [3.05, 3.63) is 24.3 Å². The Morgan fingerprint density at radius 1 is 0.577 bits per heavy atom. The third-order valence-corrected chi connectivity index (χ3v) is 9.41. The minimum atomic E-state index is -1.39. The Hall–Kier alpha value is -2.68. The maximum atomic E-state index is 12.7. The maximum absolute atomic E-state index is 12.7. The molecule has 0 aliphatic carbocycles. The van der Waals surface area contributed by atoms with Crippen molar-refractivity contribution in [2.24, 2.45) is 0 Å². The lowest BCUT2D eigenvalue weighted by Gasteiger charge is -2.15. The normalized spacial score (nSPS) is 12.7. The number of carboxylic acids is 1. The van der Waals surface area contributed by atoms with Gasteiger partial charge in [-0.15, -0.1) is 0 Å². The number of nitrogens with one attached hydrogen (secondary N) is 2. The topological polar surface area (TPSA) is 142 Å². The Balaban J connectivity index is 4.09. The van der Waals surface area contributed by atoms with E-state index in [1.165, 1.54) is 116 Å². The Morgan fingerprint density at radius 2 is 1.04 bits per heavy atom. The fourth-order valence-electron chi connectivity index (χ4n) is 6.09. The van der Waals surface area contributed by atoms with Crippen molar-refractivity contribution in [2.45, 2.75) is 212 Å². The molecule has 0 rings (SSSR count). The summed E-state index contributed by atoms with van der Waals surface area (Å²) in [5.41, 5.74) is 0. The average Bonchev–Trinajstić information content (AvgIpc) is 3.13. The minimum Gasteiger partial charge on any atom is -0.480 e. The first-order valence-electron chi connectivity index (χ1n) is 21.2. The van der Waals surface area contributed by atoms with Crippen LogP contribution >= 0.6 is 0 Å². The van der Waals surface area contributed by atoms with Crippen LogP contribution in [0, 0.1) is 0 Å². The van der Waals surface area contributed by atoms with E-state index in [0.717, 1.165) is 51.4 Å². The first kappa shape index (κ1) is 49.3. The number of aliphatic carboxylic acids is 1. The number of aliphatic hydroxyl groups excluding tert-OH is 1. The highest BCUT2D eigenvalue weighted by atomic mass is 16.5. The van der Waals surface area contributed by atoms with Crippen LogP contribution in [0.15, 0.2) is 24.3 Å². The number of rotatable bonds is 38. The van der Waals surface area contributed by atoms with Gasteiger partial charge in [0, 0.05) is 12.8 Å². The van der Waals surface area contributed by atoms with Crippen LogP contribution in [-0.4, -0.2) is 59.3 Å². The number of esters is 1. The van der Waals surface area contributed by atoms with Gasteiger partial charge in [-0.25, -0.2) is 4.79 Å². The Labute approximate surface area is 317 Å². The van der Waals surface area contributed by atoms with Crippen LogP contribution in [0.25, 0.3) is 0 Å². The van der Waals surface area contributed by atoms with Crippen LogP contribution in [0.3, 0.4) is 0 Å². The molecule has 4 N–H and O–H groups in total. The molecule has 0 aromatic heterocycles. The molecule has 0 bridgehead atoms. The molecule has 0 aromatic rings. The van der Waals surface area contributed by atoms with Crippen LogP contribution in [0.5, 0.6) is 0 Å². The standard InChI is InChI=1S/C43H78N2O7/c1-3-5-7-9-11-12-13-14-15-16-17-18-19-20-21-22-23-25-31-35-42(49)52-38(32-28-24-10-8-6-4-2)33-29-26-27-30-34-40(47)44-36-41(48)45-39(37-46)43(50)51/h14-15,28,32,38-39,46H,3-13,16-27,29-31,33-37H2,1-2H3,(H,44,47)(H,45,48)(H,50,51)/b15-14-,32-28-. The number of unbranched alkanes of at least 4 members (excludes halogenated alkanes) is 22. The zero-order chi connectivity index (χ0) is 38.3. The molecule has 0 spiro atoms. The summed E-state index contributed by atoms with van der Waals surface area (Å²) < 4.78 is 5.88. The van der Waals surface area contributed by atoms with E-state index in [2.05, 4.69) is 48.8 Å². The number of ether oxygens (including phenoxy) is 1. The monoisotopic (exact) mass is 735 g/mol. The number of carboxylic acid groups (broad SMARTS) is 1. The smallest absolute Gasteiger partial charge is 0.328 e. The molecule has 2 amide bonds. The second-order valence-electron chi connectivity index (χ2n) is 14.4. The molecule has 2 unspecified atom stereocenters. The summed E-state index contributed by atoms with van der Waals surface area (Å²) in [4.78, 5) is 47.4. The molecule has 9 nitrogen and oxygen atoms in total. The largest absolute Gasteiger partial charge is 0.480 e. The van der Waals surface area contributed by atoms with Crippen molar-refractivity contribution in [1.29, 1.82) is 0 Å². The van der Waals surface area contributed by atoms with Crippen molar-refractivity contribution in [3.63, 3.8) is 0 Å². The van der Waals surface area contributed by atoms with Gasteiger partial charge in [0.1, 0.15) is 12.1 Å². The summed E-state index contributed by atoms with van der Waals surface area (Å²) in [6.45, 7) is 3.42. The Morgan fingerprint density at radius 3 is 1.58 bits per heavy atom. The third-order valence-electron chi connectivity index (χ3n) is 9.41. The van der Waals surface area contributed by atoms with Gasteiger partial charge in [-0.3, -0.25) is 14.4 Å². The summed E-state index contributed by atoms with van der Waals surface area (Å²) in [5, 5.41) is 22.5. The molecule has 0 radical (unpaired) electrons. The van der Waals surface area contributed by atoms with Crippen LogP contribution < -0.4 is 10.6 Å². The molecule has 0 saturated carbocycles. The van der Waals surface area contributed by atoms with Gasteiger partial charge in [0.25, 0.3) is 0 Å². The van der Waals surface area contributed by atoms with Gasteiger partial charge in [-0.05, 0) is 70.3 Å². The molecule has 0 fully saturated rings. The fourth-order valence-corrected chi connectivity index (χ4v) is 6.09. The SMILES string of the molecule is CCCCCC/C=C\C(CCCCCCC(=O)NCC(=O)NC(CO)C(=O)O)OC(=O)CCCCCCCCCCC/C=C\CCCCCCCC. The summed E-state index contributed by atoms with van der Waals surface area (Å²) in [6.07, 6.45) is 40.9. The number of aliphatic hydroxyl groups is 1. The summed E-state index contributed by atoms with van der Waals surface area (Å²) in [6, 6.07) is -1.39. The second kappa shape index (κ2) is 38.1. The van der Waals surface area contributed by atoms with E-state index < -0.39 is 24.5 Å². The van der Waals surface area contributed by atoms with Crippen molar-refractivity contribution in [2.75, 3.05) is 13.2 Å². The molecule has 0 aliphatic rings. The summed E-state index contributed by atoms with van der Waals surface area (Å²) in [5.74, 6) is -2.40. The van der Waals surface area contributed by atoms with Gasteiger partial charge >= 0.3 is 11.9 Å². The van der Waals surface area contributed by atoms with E-state index >= 15 is 0 Å². The second-order valence-corrected chi connectivity index (χ2v) is 14.4. The lowest BCUT2D eigenvalue weighted by Crippen LogP contribution is -2.47. The Kier molecular flexibility index (Phi) is 36.1. The molecule has 2 atom stereocenters. The van der Waals surface area contributed by atoms with E-state index in [-0.39, 0.29) is 30.9 Å². The third kappa shape index (κ3) is 34.4. The summed E-state index contributed by atoms with van der Waals surface area (Å²) >= 11 is 0. The zero-order valence-electron chi connectivity index (χ0n) is 33.3. The molecule has 0 saturated heterocycles. The lowest BCUT2D eigenvalue weighted by atomic mass is 10.1. The highest BCUT2D eigenvalue weighted by molar-refractivity contribution is 5.87. The van der Waals surface area contributed by atoms with E-state index in [9.17, 15) is 19.2 Å². The van der Waals surface area contributed by atoms with Gasteiger partial charge in [-0.1, -0.05) is 141 Å². The van der Waals surface area contributed by atoms with Crippen LogP contribution in [0.1, 0.15) is 200 Å². The van der Waals surface area contributed by atoms with Gasteiger partial charge < -0.3 is 25.6 Å². The van der Waals surface area contributed by atoms with Crippen molar-refractivity contribution in [1.82, 2.24) is 10.6 Å². The maximum Gasteiger partial charge on any atom is 0.328 e. The van der Waals surface area contributed by atoms with E-state index in [4.69, 9.17) is 14.9 Å². The predicted molar refractivity (Wildman–Crippen MR) is 213 cm³/mol. The molecular weight excluding hydrogens is 656 g/mol. The molecule has 0 aromatic carbocycles. The fraction of sp³-hybridized carbons (Fsp3) is 0.814. The van der Waals surface area contributed by atoms with Crippen molar-refractivity contribution < 1.29 is 34.1 Å². The van der Waals surface area contributed by atoms with Crippen LogP contribution in [-0.2, 0) is 23.9 Å². The van der Waals surface area contributed by atoms with E-state index in [0.29, 0.717) is 12.8 Å². The number of carbonyl (C=O) groups excluding carboxylic acids is 3. The zero-order valence-corrected chi connectivity index (χ0v) is 33.3. The minimum absolute atomic E-state index is 0.115. The van der Waals surface area contributed by atoms with Crippen LogP contribution in [0.4, 0.5) is 0 Å². The number of hydrogen-bond donors (Lipinski definition) is 4. The highest BCUT2D eigenvalue weighted by Gasteiger charge is 2.18. The Bertz CT molecular complexity index is 936. The van der Waals surface area contributed by atoms with Crippen molar-refractivity contribution in [3.8, 4) is 0 Å².